The third-order valence-electron chi connectivity index (χ3n) is 1.40. The second-order valence-electron chi connectivity index (χ2n) is 2.20. The third kappa shape index (κ3) is 2.53. The summed E-state index contributed by atoms with van der Waals surface area (Å²) in [6, 6.07) is 8.19. The fourth-order valence-electron chi connectivity index (χ4n) is 0.987. The Kier molecular flexibility index (Phi) is 5.59. The van der Waals surface area contributed by atoms with E-state index >= 15 is 0 Å². The Bertz CT molecular complexity index is 326. The van der Waals surface area contributed by atoms with E-state index in [4.69, 9.17) is 0 Å². The predicted molar refractivity (Wildman–Crippen MR) is 75.2 cm³/mol. The summed E-state index contributed by atoms with van der Waals surface area (Å²) in [6.45, 7) is 2.03. The van der Waals surface area contributed by atoms with Gasteiger partial charge >= 0.3 is 0 Å². The number of benzene rings is 1. The number of halogens is 2. The maximum atomic E-state index is 4.33. The van der Waals surface area contributed by atoms with Crippen molar-refractivity contribution in [3.05, 3.63) is 29.3 Å². The molecule has 0 unspecified atom stereocenters. The van der Waals surface area contributed by atoms with E-state index in [1.165, 1.54) is 4.70 Å². The van der Waals surface area contributed by atoms with Gasteiger partial charge in [-0.2, -0.15) is 0 Å². The van der Waals surface area contributed by atoms with Gasteiger partial charge in [0.15, 0.2) is 0 Å². The lowest BCUT2D eigenvalue weighted by Crippen LogP contribution is -1.65. The van der Waals surface area contributed by atoms with Gasteiger partial charge in [-0.15, -0.1) is 59.3 Å². The number of aryl methyl sites for hydroxylation is 1. The molecule has 0 bridgehead atoms. The summed E-state index contributed by atoms with van der Waals surface area (Å²) in [5.41, 5.74) is 1.12. The number of rotatable bonds is 0. The monoisotopic (exact) mass is 405 g/mol. The highest BCUT2D eigenvalue weighted by Crippen LogP contribution is 2.19. The van der Waals surface area contributed by atoms with Crippen molar-refractivity contribution < 1.29 is 0 Å². The van der Waals surface area contributed by atoms with E-state index in [2.05, 4.69) is 11.1 Å². The van der Waals surface area contributed by atoms with Crippen molar-refractivity contribution >= 4 is 69.5 Å². The van der Waals surface area contributed by atoms with Crippen LogP contribution in [0.1, 0.15) is 5.01 Å². The highest BCUT2D eigenvalue weighted by Gasteiger charge is 1.95. The molecule has 0 atom stereocenters. The Morgan fingerprint density at radius 2 is 1.83 bits per heavy atom. The fraction of sp³-hybridized carbons (Fsp3) is 0.125. The molecule has 0 saturated heterocycles. The molecule has 2 rings (SSSR count). The normalized spacial score (nSPS) is 8.75. The van der Waals surface area contributed by atoms with Gasteiger partial charge in [0.1, 0.15) is 0 Å². The van der Waals surface area contributed by atoms with Gasteiger partial charge in [-0.1, -0.05) is 12.1 Å². The number of hydrogen-bond donors (Lipinski definition) is 0. The first-order chi connectivity index (χ1) is 4.86. The lowest BCUT2D eigenvalue weighted by molar-refractivity contribution is 1.35. The van der Waals surface area contributed by atoms with Gasteiger partial charge in [0.25, 0.3) is 0 Å². The molecule has 1 nitrogen and oxygen atoms in total. The van der Waals surface area contributed by atoms with Crippen molar-refractivity contribution in [2.75, 3.05) is 0 Å². The van der Waals surface area contributed by atoms with Crippen LogP contribution < -0.4 is 0 Å². The smallest absolute Gasteiger partial charge is 0.0907 e. The molecule has 0 aliphatic carbocycles. The molecule has 0 fully saturated rings. The second kappa shape index (κ2) is 5.33. The van der Waals surface area contributed by atoms with Crippen molar-refractivity contribution in [2.45, 2.75) is 6.92 Å². The van der Waals surface area contributed by atoms with E-state index in [0.717, 1.165) is 10.5 Å². The SMILES string of the molecule is Cc1nc2ccccc2s1.I.I. The Hall–Kier alpha value is 0.570. The average Bonchev–Trinajstić information content (AvgIpc) is 2.27. The minimum atomic E-state index is 0. The van der Waals surface area contributed by atoms with Gasteiger partial charge in [-0.3, -0.25) is 0 Å². The lowest BCUT2D eigenvalue weighted by atomic mass is 10.3. The fourth-order valence-corrected chi connectivity index (χ4v) is 1.81. The molecule has 0 N–H and O–H groups in total. The van der Waals surface area contributed by atoms with E-state index in [1.807, 2.05) is 25.1 Å². The van der Waals surface area contributed by atoms with Crippen molar-refractivity contribution in [3.63, 3.8) is 0 Å². The summed E-state index contributed by atoms with van der Waals surface area (Å²) < 4.78 is 1.28. The molecule has 0 amide bonds. The first kappa shape index (κ1) is 12.6. The molecular weight excluding hydrogens is 396 g/mol. The van der Waals surface area contributed by atoms with Gasteiger partial charge in [0.05, 0.1) is 15.2 Å². The van der Waals surface area contributed by atoms with E-state index < -0.39 is 0 Å². The topological polar surface area (TPSA) is 12.9 Å². The van der Waals surface area contributed by atoms with Gasteiger partial charge < -0.3 is 0 Å². The number of nitrogens with zero attached hydrogens (tertiary/aromatic N) is 1. The molecule has 4 heteroatoms. The first-order valence-corrected chi connectivity index (χ1v) is 4.00. The van der Waals surface area contributed by atoms with Gasteiger partial charge in [-0.05, 0) is 19.1 Å². The maximum Gasteiger partial charge on any atom is 0.0907 e. The molecular formula is C8H9I2NS. The number of aromatic nitrogens is 1. The Labute approximate surface area is 110 Å². The molecule has 0 aliphatic rings. The maximum absolute atomic E-state index is 4.33. The molecule has 0 radical (unpaired) electrons. The predicted octanol–water partition coefficient (Wildman–Crippen LogP) is 3.84. The molecule has 12 heavy (non-hydrogen) atoms. The number of para-hydroxylation sites is 1. The largest absolute Gasteiger partial charge is 0.242 e. The molecule has 2 aromatic rings. The van der Waals surface area contributed by atoms with Crippen molar-refractivity contribution in [1.29, 1.82) is 0 Å². The molecule has 0 spiro atoms. The van der Waals surface area contributed by atoms with Crippen LogP contribution in [0, 0.1) is 6.92 Å². The highest BCUT2D eigenvalue weighted by molar-refractivity contribution is 14.0. The van der Waals surface area contributed by atoms with E-state index in [1.54, 1.807) is 11.3 Å². The minimum absolute atomic E-state index is 0. The Morgan fingerprint density at radius 3 is 2.50 bits per heavy atom. The van der Waals surface area contributed by atoms with Crippen LogP contribution >= 0.6 is 59.3 Å². The van der Waals surface area contributed by atoms with Crippen molar-refractivity contribution in [2.24, 2.45) is 0 Å². The van der Waals surface area contributed by atoms with E-state index in [9.17, 15) is 0 Å². The quantitative estimate of drug-likeness (QED) is 0.608. The van der Waals surface area contributed by atoms with Crippen LogP contribution in [0.4, 0.5) is 0 Å². The first-order valence-electron chi connectivity index (χ1n) is 3.18. The van der Waals surface area contributed by atoms with Crippen LogP contribution in [0.5, 0.6) is 0 Å². The molecule has 1 aromatic carbocycles. The highest BCUT2D eigenvalue weighted by atomic mass is 127. The summed E-state index contributed by atoms with van der Waals surface area (Å²) in [4.78, 5) is 4.33. The standard InChI is InChI=1S/C8H7NS.2HI/c1-6-9-7-4-2-3-5-8(7)10-6;;/h2-5H,1H3;2*1H. The molecule has 0 saturated carbocycles. The number of thiazole rings is 1. The van der Waals surface area contributed by atoms with E-state index in [0.29, 0.717) is 0 Å². The average molecular weight is 405 g/mol. The Balaban J connectivity index is 0.000000605. The molecule has 66 valence electrons. The third-order valence-corrected chi connectivity index (χ3v) is 2.35. The zero-order valence-corrected chi connectivity index (χ0v) is 12.0. The van der Waals surface area contributed by atoms with Crippen LogP contribution in [0.25, 0.3) is 10.2 Å². The number of fused-ring (bicyclic) bond motifs is 1. The van der Waals surface area contributed by atoms with E-state index in [-0.39, 0.29) is 48.0 Å². The molecule has 1 heterocycles. The summed E-state index contributed by atoms with van der Waals surface area (Å²) in [5, 5.41) is 1.14. The van der Waals surface area contributed by atoms with Crippen LogP contribution in [0.2, 0.25) is 0 Å². The Morgan fingerprint density at radius 1 is 1.17 bits per heavy atom. The van der Waals surface area contributed by atoms with Crippen LogP contribution in [0.3, 0.4) is 0 Å². The summed E-state index contributed by atoms with van der Waals surface area (Å²) >= 11 is 1.74. The van der Waals surface area contributed by atoms with Crippen LogP contribution in [-0.2, 0) is 0 Å². The second-order valence-corrected chi connectivity index (χ2v) is 3.44. The summed E-state index contributed by atoms with van der Waals surface area (Å²) in [7, 11) is 0. The zero-order chi connectivity index (χ0) is 6.97. The minimum Gasteiger partial charge on any atom is -0.242 e. The molecule has 0 aliphatic heterocycles. The van der Waals surface area contributed by atoms with Crippen LogP contribution in [-0.4, -0.2) is 4.98 Å². The zero-order valence-electron chi connectivity index (χ0n) is 6.48. The van der Waals surface area contributed by atoms with Gasteiger partial charge in [0.2, 0.25) is 0 Å². The number of hydrogen-bond acceptors (Lipinski definition) is 2. The van der Waals surface area contributed by atoms with Crippen molar-refractivity contribution in [1.82, 2.24) is 4.98 Å². The van der Waals surface area contributed by atoms with Gasteiger partial charge in [-0.25, -0.2) is 4.98 Å². The summed E-state index contributed by atoms with van der Waals surface area (Å²) in [5.74, 6) is 0. The van der Waals surface area contributed by atoms with Gasteiger partial charge in [0, 0.05) is 0 Å². The summed E-state index contributed by atoms with van der Waals surface area (Å²) in [6.07, 6.45) is 0. The van der Waals surface area contributed by atoms with Crippen molar-refractivity contribution in [3.8, 4) is 0 Å². The van der Waals surface area contributed by atoms with Crippen LogP contribution in [0.15, 0.2) is 24.3 Å². The molecule has 1 aromatic heterocycles. The lowest BCUT2D eigenvalue weighted by Gasteiger charge is -1.80.